The molecule has 0 aliphatic carbocycles. The maximum absolute atomic E-state index is 12.4. The highest BCUT2D eigenvalue weighted by Gasteiger charge is 2.18. The van der Waals surface area contributed by atoms with Gasteiger partial charge in [0.2, 0.25) is 10.0 Å². The minimum Gasteiger partial charge on any atom is -0.444 e. The van der Waals surface area contributed by atoms with Gasteiger partial charge < -0.3 is 10.5 Å². The van der Waals surface area contributed by atoms with Crippen LogP contribution in [0.3, 0.4) is 0 Å². The van der Waals surface area contributed by atoms with Crippen molar-refractivity contribution in [2.75, 3.05) is 17.6 Å². The molecule has 0 unspecified atom stereocenters. The number of nitrogen functional groups attached to an aromatic ring is 1. The van der Waals surface area contributed by atoms with Gasteiger partial charge in [-0.15, -0.1) is 11.3 Å². The lowest BCUT2D eigenvalue weighted by molar-refractivity contribution is 0.0636. The second-order valence-electron chi connectivity index (χ2n) is 6.94. The zero-order valence-electron chi connectivity index (χ0n) is 15.7. The Balaban J connectivity index is 1.91. The Morgan fingerprint density at radius 1 is 1.33 bits per heavy atom. The fourth-order valence-electron chi connectivity index (χ4n) is 2.17. The number of thiazole rings is 1. The van der Waals surface area contributed by atoms with Crippen LogP contribution in [0.15, 0.2) is 28.5 Å². The van der Waals surface area contributed by atoms with Gasteiger partial charge in [0.25, 0.3) is 0 Å². The molecule has 148 valence electrons. The Labute approximate surface area is 163 Å². The van der Waals surface area contributed by atoms with Crippen LogP contribution in [0.2, 0.25) is 0 Å². The number of carbonyl (C=O) groups excluding carboxylic acids is 1. The van der Waals surface area contributed by atoms with E-state index in [1.54, 1.807) is 45.2 Å². The van der Waals surface area contributed by atoms with E-state index in [-0.39, 0.29) is 11.4 Å². The normalized spacial score (nSPS) is 12.0. The minimum atomic E-state index is -3.66. The van der Waals surface area contributed by atoms with Crippen LogP contribution in [0.1, 0.15) is 32.0 Å². The first kappa shape index (κ1) is 21.1. The van der Waals surface area contributed by atoms with Gasteiger partial charge in [-0.05, 0) is 45.4 Å². The number of aryl methyl sites for hydroxylation is 1. The van der Waals surface area contributed by atoms with E-state index in [0.717, 1.165) is 0 Å². The molecule has 0 fully saturated rings. The van der Waals surface area contributed by atoms with E-state index in [2.05, 4.69) is 15.0 Å². The number of carbonyl (C=O) groups is 1. The van der Waals surface area contributed by atoms with Gasteiger partial charge >= 0.3 is 6.09 Å². The van der Waals surface area contributed by atoms with Crippen LogP contribution in [0, 0.1) is 6.92 Å². The van der Waals surface area contributed by atoms with Crippen molar-refractivity contribution < 1.29 is 17.9 Å². The van der Waals surface area contributed by atoms with E-state index in [9.17, 15) is 13.2 Å². The number of sulfonamides is 1. The van der Waals surface area contributed by atoms with Gasteiger partial charge in [-0.1, -0.05) is 6.07 Å². The molecule has 4 N–H and O–H groups in total. The monoisotopic (exact) mass is 412 g/mol. The molecule has 1 amide bonds. The van der Waals surface area contributed by atoms with E-state index >= 15 is 0 Å². The topological polar surface area (TPSA) is 123 Å². The summed E-state index contributed by atoms with van der Waals surface area (Å²) in [5.74, 6) is 0. The second kappa shape index (κ2) is 8.24. The Morgan fingerprint density at radius 3 is 2.70 bits per heavy atom. The lowest BCUT2D eigenvalue weighted by atomic mass is 10.2. The molecule has 0 radical (unpaired) electrons. The van der Waals surface area contributed by atoms with Crippen LogP contribution >= 0.6 is 11.3 Å². The lowest BCUT2D eigenvalue weighted by Crippen LogP contribution is -2.27. The molecule has 0 aliphatic heterocycles. The van der Waals surface area contributed by atoms with Crippen molar-refractivity contribution in [3.05, 3.63) is 34.8 Å². The quantitative estimate of drug-likeness (QED) is 0.627. The van der Waals surface area contributed by atoms with Gasteiger partial charge in [-0.3, -0.25) is 5.32 Å². The summed E-state index contributed by atoms with van der Waals surface area (Å²) < 4.78 is 32.5. The van der Waals surface area contributed by atoms with E-state index in [4.69, 9.17) is 10.5 Å². The zero-order chi connectivity index (χ0) is 20.2. The fourth-order valence-corrected chi connectivity index (χ4v) is 4.21. The first-order valence-corrected chi connectivity index (χ1v) is 10.6. The summed E-state index contributed by atoms with van der Waals surface area (Å²) in [5, 5.41) is 4.71. The number of hydrogen-bond acceptors (Lipinski definition) is 7. The largest absolute Gasteiger partial charge is 0.444 e. The second-order valence-corrected chi connectivity index (χ2v) is 9.54. The highest BCUT2D eigenvalue weighted by Crippen LogP contribution is 2.19. The van der Waals surface area contributed by atoms with Crippen molar-refractivity contribution >= 4 is 38.3 Å². The Kier molecular flexibility index (Phi) is 6.45. The summed E-state index contributed by atoms with van der Waals surface area (Å²) in [6, 6.07) is 4.76. The van der Waals surface area contributed by atoms with Crippen LogP contribution in [0.25, 0.3) is 0 Å². The molecular formula is C17H24N4O4S2. The Morgan fingerprint density at radius 2 is 2.04 bits per heavy atom. The van der Waals surface area contributed by atoms with Crippen LogP contribution in [0.5, 0.6) is 0 Å². The van der Waals surface area contributed by atoms with Crippen LogP contribution < -0.4 is 15.8 Å². The van der Waals surface area contributed by atoms with Crippen LogP contribution in [-0.4, -0.2) is 31.6 Å². The molecule has 2 rings (SSSR count). The van der Waals surface area contributed by atoms with E-state index < -0.39 is 21.7 Å². The van der Waals surface area contributed by atoms with E-state index in [1.165, 1.54) is 17.4 Å². The molecule has 0 aliphatic rings. The number of ether oxygens (including phenoxy) is 1. The van der Waals surface area contributed by atoms with Crippen molar-refractivity contribution in [2.24, 2.45) is 0 Å². The van der Waals surface area contributed by atoms with Gasteiger partial charge in [0, 0.05) is 24.0 Å². The number of hydrogen-bond donors (Lipinski definition) is 3. The predicted molar refractivity (Wildman–Crippen MR) is 106 cm³/mol. The number of anilines is 2. The molecule has 10 heteroatoms. The van der Waals surface area contributed by atoms with Gasteiger partial charge in [0.15, 0.2) is 5.13 Å². The summed E-state index contributed by atoms with van der Waals surface area (Å²) in [6.07, 6.45) is -0.200. The number of benzene rings is 1. The molecule has 1 aromatic carbocycles. The maximum atomic E-state index is 12.4. The first-order valence-electron chi connectivity index (χ1n) is 8.26. The highest BCUT2D eigenvalue weighted by molar-refractivity contribution is 7.89. The Hall–Kier alpha value is -2.17. The molecule has 0 saturated carbocycles. The first-order chi connectivity index (χ1) is 12.5. The van der Waals surface area contributed by atoms with Crippen LogP contribution in [0.4, 0.5) is 15.6 Å². The zero-order valence-corrected chi connectivity index (χ0v) is 17.3. The smallest absolute Gasteiger partial charge is 0.413 e. The van der Waals surface area contributed by atoms with Crippen molar-refractivity contribution in [3.63, 3.8) is 0 Å². The predicted octanol–water partition coefficient (Wildman–Crippen LogP) is 2.90. The molecule has 8 nitrogen and oxygen atoms in total. The van der Waals surface area contributed by atoms with Gasteiger partial charge in [0.1, 0.15) is 5.60 Å². The fraction of sp³-hybridized carbons (Fsp3) is 0.412. The maximum Gasteiger partial charge on any atom is 0.413 e. The molecule has 0 bridgehead atoms. The average Bonchev–Trinajstić information content (AvgIpc) is 2.94. The van der Waals surface area contributed by atoms with E-state index in [1.807, 2.05) is 0 Å². The van der Waals surface area contributed by atoms with Crippen molar-refractivity contribution in [3.8, 4) is 0 Å². The highest BCUT2D eigenvalue weighted by atomic mass is 32.2. The summed E-state index contributed by atoms with van der Waals surface area (Å²) >= 11 is 1.25. The van der Waals surface area contributed by atoms with Gasteiger partial charge in [-0.2, -0.15) is 0 Å². The molecule has 0 spiro atoms. The molecule has 1 aromatic heterocycles. The van der Waals surface area contributed by atoms with E-state index in [0.29, 0.717) is 28.5 Å². The number of nitrogens with two attached hydrogens (primary N) is 1. The summed E-state index contributed by atoms with van der Waals surface area (Å²) in [6.45, 7) is 7.20. The number of aromatic nitrogens is 1. The number of amides is 1. The van der Waals surface area contributed by atoms with Gasteiger partial charge in [0.05, 0.1) is 10.6 Å². The summed E-state index contributed by atoms with van der Waals surface area (Å²) in [7, 11) is -3.66. The third-order valence-electron chi connectivity index (χ3n) is 3.33. The molecular weight excluding hydrogens is 388 g/mol. The lowest BCUT2D eigenvalue weighted by Gasteiger charge is -2.18. The number of rotatable bonds is 6. The van der Waals surface area contributed by atoms with Crippen molar-refractivity contribution in [1.29, 1.82) is 0 Å². The minimum absolute atomic E-state index is 0.160. The van der Waals surface area contributed by atoms with Crippen LogP contribution in [-0.2, 0) is 21.2 Å². The SMILES string of the molecule is Cc1ccc(N)cc1S(=O)(=O)NCCc1csc(NC(=O)OC(C)(C)C)n1. The standard InChI is InChI=1S/C17H24N4O4S2/c1-11-5-6-12(18)9-14(11)27(23,24)19-8-7-13-10-26-15(20-13)21-16(22)25-17(2,3)4/h5-6,9-10,19H,7-8,18H2,1-4H3,(H,20,21,22). The molecule has 2 aromatic rings. The molecule has 1 heterocycles. The third-order valence-corrected chi connectivity index (χ3v) is 5.74. The molecule has 27 heavy (non-hydrogen) atoms. The Bertz CT molecular complexity index is 917. The number of nitrogens with zero attached hydrogens (tertiary/aromatic N) is 1. The van der Waals surface area contributed by atoms with Crippen molar-refractivity contribution in [1.82, 2.24) is 9.71 Å². The third kappa shape index (κ3) is 6.49. The van der Waals surface area contributed by atoms with Gasteiger partial charge in [-0.25, -0.2) is 22.9 Å². The average molecular weight is 413 g/mol. The molecule has 0 saturated heterocycles. The van der Waals surface area contributed by atoms with Crippen molar-refractivity contribution in [2.45, 2.75) is 44.6 Å². The summed E-state index contributed by atoms with van der Waals surface area (Å²) in [5.41, 5.74) is 6.76. The molecule has 0 atom stereocenters. The summed E-state index contributed by atoms with van der Waals surface area (Å²) in [4.78, 5) is 16.1. The number of nitrogens with one attached hydrogen (secondary N) is 2.